The number of amides is 1. The number of primary amides is 1. The van der Waals surface area contributed by atoms with E-state index in [2.05, 4.69) is 10.2 Å². The third-order valence-electron chi connectivity index (χ3n) is 2.09. The van der Waals surface area contributed by atoms with Crippen LogP contribution >= 0.6 is 0 Å². The molecule has 0 saturated heterocycles. The Morgan fingerprint density at radius 2 is 2.25 bits per heavy atom. The van der Waals surface area contributed by atoms with Gasteiger partial charge in [-0.2, -0.15) is 9.40 Å². The molecule has 90 valence electrons. The van der Waals surface area contributed by atoms with Gasteiger partial charge in [0, 0.05) is 6.54 Å². The molecule has 7 nitrogen and oxygen atoms in total. The van der Waals surface area contributed by atoms with Gasteiger partial charge < -0.3 is 5.73 Å². The molecule has 0 bridgehead atoms. The number of nitrogens with one attached hydrogen (secondary N) is 1. The highest BCUT2D eigenvalue weighted by Crippen LogP contribution is 2.16. The minimum absolute atomic E-state index is 0.0654. The fourth-order valence-corrected chi connectivity index (χ4v) is 2.81. The van der Waals surface area contributed by atoms with E-state index in [1.54, 1.807) is 13.8 Å². The fraction of sp³-hybridized carbons (Fsp3) is 0.500. The van der Waals surface area contributed by atoms with Gasteiger partial charge >= 0.3 is 0 Å². The lowest BCUT2D eigenvalue weighted by atomic mass is 10.5. The first-order valence-corrected chi connectivity index (χ1v) is 6.12. The van der Waals surface area contributed by atoms with Crippen LogP contribution in [-0.4, -0.2) is 41.9 Å². The minimum Gasteiger partial charge on any atom is -0.369 e. The Morgan fingerprint density at radius 1 is 1.62 bits per heavy atom. The second-order valence-corrected chi connectivity index (χ2v) is 5.16. The summed E-state index contributed by atoms with van der Waals surface area (Å²) in [7, 11) is -3.69. The maximum absolute atomic E-state index is 12.0. The molecule has 0 aromatic carbocycles. The summed E-state index contributed by atoms with van der Waals surface area (Å²) in [5, 5.41) is 6.17. The summed E-state index contributed by atoms with van der Waals surface area (Å²) in [4.78, 5) is 10.8. The summed E-state index contributed by atoms with van der Waals surface area (Å²) < 4.78 is 25.1. The van der Waals surface area contributed by atoms with Crippen molar-refractivity contribution >= 4 is 15.9 Å². The van der Waals surface area contributed by atoms with Crippen molar-refractivity contribution in [3.8, 4) is 0 Å². The maximum atomic E-state index is 12.0. The largest absolute Gasteiger partial charge is 0.369 e. The van der Waals surface area contributed by atoms with Gasteiger partial charge in [0.15, 0.2) is 0 Å². The van der Waals surface area contributed by atoms with Gasteiger partial charge in [0.25, 0.3) is 0 Å². The molecule has 1 aromatic heterocycles. The van der Waals surface area contributed by atoms with Crippen molar-refractivity contribution in [2.24, 2.45) is 5.73 Å². The lowest BCUT2D eigenvalue weighted by Crippen LogP contribution is -2.38. The summed E-state index contributed by atoms with van der Waals surface area (Å²) >= 11 is 0. The van der Waals surface area contributed by atoms with Crippen molar-refractivity contribution in [2.45, 2.75) is 18.7 Å². The van der Waals surface area contributed by atoms with Crippen LogP contribution in [0.5, 0.6) is 0 Å². The topological polar surface area (TPSA) is 109 Å². The Hall–Kier alpha value is -1.41. The van der Waals surface area contributed by atoms with Gasteiger partial charge in [-0.1, -0.05) is 6.92 Å². The molecular formula is C8H14N4O3S. The van der Waals surface area contributed by atoms with Crippen molar-refractivity contribution in [1.82, 2.24) is 14.5 Å². The van der Waals surface area contributed by atoms with Gasteiger partial charge in [-0.15, -0.1) is 0 Å². The molecule has 0 aliphatic heterocycles. The zero-order valence-electron chi connectivity index (χ0n) is 9.10. The van der Waals surface area contributed by atoms with E-state index in [1.807, 2.05) is 0 Å². The molecule has 0 radical (unpaired) electrons. The van der Waals surface area contributed by atoms with Gasteiger partial charge in [-0.25, -0.2) is 8.42 Å². The molecule has 1 rings (SSSR count). The molecule has 0 fully saturated rings. The molecule has 0 saturated carbocycles. The normalized spacial score (nSPS) is 11.9. The van der Waals surface area contributed by atoms with E-state index in [0.29, 0.717) is 5.69 Å². The van der Waals surface area contributed by atoms with Crippen molar-refractivity contribution < 1.29 is 13.2 Å². The fourth-order valence-electron chi connectivity index (χ4n) is 1.28. The van der Waals surface area contributed by atoms with E-state index in [0.717, 1.165) is 4.31 Å². The second kappa shape index (κ2) is 4.62. The van der Waals surface area contributed by atoms with Crippen LogP contribution < -0.4 is 5.73 Å². The summed E-state index contributed by atoms with van der Waals surface area (Å²) in [6.45, 7) is 3.08. The third kappa shape index (κ3) is 2.39. The van der Waals surface area contributed by atoms with E-state index >= 15 is 0 Å². The number of aryl methyl sites for hydroxylation is 1. The molecule has 1 heterocycles. The summed E-state index contributed by atoms with van der Waals surface area (Å²) in [6.07, 6.45) is 1.22. The third-order valence-corrected chi connectivity index (χ3v) is 4.12. The molecule has 1 amide bonds. The van der Waals surface area contributed by atoms with E-state index < -0.39 is 15.9 Å². The van der Waals surface area contributed by atoms with Crippen LogP contribution in [-0.2, 0) is 14.8 Å². The van der Waals surface area contributed by atoms with Crippen molar-refractivity contribution in [3.63, 3.8) is 0 Å². The monoisotopic (exact) mass is 246 g/mol. The number of aromatic amines is 1. The van der Waals surface area contributed by atoms with Gasteiger partial charge in [-0.3, -0.25) is 9.89 Å². The average molecular weight is 246 g/mol. The molecule has 1 aromatic rings. The number of rotatable bonds is 5. The second-order valence-electron chi connectivity index (χ2n) is 3.26. The van der Waals surface area contributed by atoms with Crippen molar-refractivity contribution in [2.75, 3.05) is 13.1 Å². The summed E-state index contributed by atoms with van der Waals surface area (Å²) in [5.41, 5.74) is 5.42. The molecular weight excluding hydrogens is 232 g/mol. The predicted molar refractivity (Wildman–Crippen MR) is 57.0 cm³/mol. The van der Waals surface area contributed by atoms with E-state index in [-0.39, 0.29) is 18.0 Å². The van der Waals surface area contributed by atoms with Crippen LogP contribution in [0.4, 0.5) is 0 Å². The Balaban J connectivity index is 3.09. The first-order valence-electron chi connectivity index (χ1n) is 4.68. The van der Waals surface area contributed by atoms with Crippen LogP contribution in [0.2, 0.25) is 0 Å². The Morgan fingerprint density at radius 3 is 2.62 bits per heavy atom. The van der Waals surface area contributed by atoms with E-state index in [1.165, 1.54) is 6.20 Å². The highest BCUT2D eigenvalue weighted by molar-refractivity contribution is 7.89. The molecule has 0 aliphatic rings. The highest BCUT2D eigenvalue weighted by atomic mass is 32.2. The van der Waals surface area contributed by atoms with Gasteiger partial charge in [0.1, 0.15) is 4.90 Å². The smallest absolute Gasteiger partial charge is 0.246 e. The Kier molecular flexibility index (Phi) is 3.66. The number of aromatic nitrogens is 2. The van der Waals surface area contributed by atoms with E-state index in [4.69, 9.17) is 5.73 Å². The van der Waals surface area contributed by atoms with Crippen LogP contribution in [0.1, 0.15) is 12.6 Å². The number of hydrogen-bond donors (Lipinski definition) is 2. The first-order chi connectivity index (χ1) is 7.39. The number of sulfonamides is 1. The molecule has 0 spiro atoms. The number of nitrogens with zero attached hydrogens (tertiary/aromatic N) is 2. The molecule has 0 unspecified atom stereocenters. The summed E-state index contributed by atoms with van der Waals surface area (Å²) in [6, 6.07) is 0. The lowest BCUT2D eigenvalue weighted by Gasteiger charge is -2.17. The van der Waals surface area contributed by atoms with Crippen molar-refractivity contribution in [1.29, 1.82) is 0 Å². The van der Waals surface area contributed by atoms with Gasteiger partial charge in [0.05, 0.1) is 18.4 Å². The predicted octanol–water partition coefficient (Wildman–Crippen LogP) is -0.786. The standard InChI is InChI=1S/C8H14N4O3S/c1-3-12(5-8(9)13)16(14,15)7-4-10-11-6(7)2/h4H,3,5H2,1-2H3,(H2,9,13)(H,10,11). The number of hydrogen-bond acceptors (Lipinski definition) is 4. The molecule has 16 heavy (non-hydrogen) atoms. The molecule has 0 atom stereocenters. The van der Waals surface area contributed by atoms with Crippen LogP contribution in [0.3, 0.4) is 0 Å². The maximum Gasteiger partial charge on any atom is 0.246 e. The highest BCUT2D eigenvalue weighted by Gasteiger charge is 2.27. The van der Waals surface area contributed by atoms with Crippen LogP contribution in [0, 0.1) is 6.92 Å². The zero-order valence-corrected chi connectivity index (χ0v) is 9.91. The van der Waals surface area contributed by atoms with Gasteiger partial charge in [-0.05, 0) is 6.92 Å². The first kappa shape index (κ1) is 12.7. The summed E-state index contributed by atoms with van der Waals surface area (Å²) in [5.74, 6) is -0.688. The zero-order chi connectivity index (χ0) is 12.3. The quantitative estimate of drug-likeness (QED) is 0.709. The molecule has 8 heteroatoms. The Bertz CT molecular complexity index is 479. The number of carbonyl (C=O) groups is 1. The van der Waals surface area contributed by atoms with Gasteiger partial charge in [0.2, 0.25) is 15.9 Å². The molecule has 3 N–H and O–H groups in total. The van der Waals surface area contributed by atoms with E-state index in [9.17, 15) is 13.2 Å². The number of carbonyl (C=O) groups excluding carboxylic acids is 1. The van der Waals surface area contributed by atoms with Crippen molar-refractivity contribution in [3.05, 3.63) is 11.9 Å². The number of H-pyrrole nitrogens is 1. The van der Waals surface area contributed by atoms with Crippen LogP contribution in [0.15, 0.2) is 11.1 Å². The van der Waals surface area contributed by atoms with Crippen LogP contribution in [0.25, 0.3) is 0 Å². The minimum atomic E-state index is -3.69. The Labute approximate surface area is 93.7 Å². The molecule has 0 aliphatic carbocycles. The SMILES string of the molecule is CCN(CC(N)=O)S(=O)(=O)c1cn[nH]c1C. The number of likely N-dealkylation sites (N-methyl/N-ethyl adjacent to an activating group) is 1. The average Bonchev–Trinajstić information content (AvgIpc) is 2.60. The number of nitrogens with two attached hydrogens (primary N) is 1. The lowest BCUT2D eigenvalue weighted by molar-refractivity contribution is -0.118.